The van der Waals surface area contributed by atoms with Gasteiger partial charge in [0.2, 0.25) is 0 Å². The number of halogens is 3. The van der Waals surface area contributed by atoms with Crippen LogP contribution in [0.15, 0.2) is 42.5 Å². The highest BCUT2D eigenvalue weighted by Gasteiger charge is 2.30. The van der Waals surface area contributed by atoms with Crippen molar-refractivity contribution < 1.29 is 13.2 Å². The second kappa shape index (κ2) is 4.46. The molecule has 0 aliphatic heterocycles. The van der Waals surface area contributed by atoms with Crippen LogP contribution < -0.4 is 5.73 Å². The third-order valence-electron chi connectivity index (χ3n) is 2.91. The van der Waals surface area contributed by atoms with Crippen molar-refractivity contribution in [3.8, 4) is 0 Å². The molecule has 2 aromatic rings. The molecule has 2 rings (SSSR count). The van der Waals surface area contributed by atoms with Gasteiger partial charge in [-0.1, -0.05) is 18.2 Å². The van der Waals surface area contributed by atoms with Crippen molar-refractivity contribution in [2.24, 2.45) is 5.73 Å². The number of benzene rings is 2. The molecule has 0 heterocycles. The molecule has 0 aromatic heterocycles. The average molecular weight is 251 g/mol. The number of hydrogen-bond acceptors (Lipinski definition) is 1. The lowest BCUT2D eigenvalue weighted by Gasteiger charge is -2.26. The molecular formula is C14H12F3N. The summed E-state index contributed by atoms with van der Waals surface area (Å²) in [4.78, 5) is 0. The van der Waals surface area contributed by atoms with E-state index < -0.39 is 23.0 Å². The maximum Gasteiger partial charge on any atom is 0.131 e. The fourth-order valence-electron chi connectivity index (χ4n) is 1.95. The molecule has 18 heavy (non-hydrogen) atoms. The molecule has 1 unspecified atom stereocenters. The Morgan fingerprint density at radius 3 is 2.06 bits per heavy atom. The van der Waals surface area contributed by atoms with E-state index in [1.165, 1.54) is 37.3 Å². The highest BCUT2D eigenvalue weighted by molar-refractivity contribution is 5.38. The van der Waals surface area contributed by atoms with Crippen LogP contribution in [0.25, 0.3) is 0 Å². The van der Waals surface area contributed by atoms with Crippen molar-refractivity contribution in [2.45, 2.75) is 12.5 Å². The van der Waals surface area contributed by atoms with E-state index in [2.05, 4.69) is 0 Å². The molecule has 1 nitrogen and oxygen atoms in total. The van der Waals surface area contributed by atoms with E-state index in [1.807, 2.05) is 0 Å². The summed E-state index contributed by atoms with van der Waals surface area (Å²) >= 11 is 0. The summed E-state index contributed by atoms with van der Waals surface area (Å²) in [5.41, 5.74) is 4.59. The molecule has 0 radical (unpaired) electrons. The lowest BCUT2D eigenvalue weighted by atomic mass is 9.85. The molecule has 0 bridgehead atoms. The Labute approximate surface area is 103 Å². The summed E-state index contributed by atoms with van der Waals surface area (Å²) in [6, 6.07) is 8.92. The van der Waals surface area contributed by atoms with Gasteiger partial charge in [0, 0.05) is 5.56 Å². The first kappa shape index (κ1) is 12.6. The fraction of sp³-hybridized carbons (Fsp3) is 0.143. The Morgan fingerprint density at radius 1 is 0.944 bits per heavy atom. The number of rotatable bonds is 2. The molecule has 2 N–H and O–H groups in total. The Bertz CT molecular complexity index is 559. The van der Waals surface area contributed by atoms with E-state index in [1.54, 1.807) is 0 Å². The normalized spacial score (nSPS) is 14.3. The minimum atomic E-state index is -1.43. The summed E-state index contributed by atoms with van der Waals surface area (Å²) in [5.74, 6) is -1.99. The molecule has 0 saturated heterocycles. The van der Waals surface area contributed by atoms with Gasteiger partial charge in [-0.05, 0) is 36.8 Å². The zero-order chi connectivity index (χ0) is 13.3. The molecule has 1 atom stereocenters. The molecule has 0 amide bonds. The molecule has 94 valence electrons. The first-order valence-electron chi connectivity index (χ1n) is 5.42. The Balaban J connectivity index is 2.61. The van der Waals surface area contributed by atoms with Crippen molar-refractivity contribution in [1.82, 2.24) is 0 Å². The first-order chi connectivity index (χ1) is 8.43. The van der Waals surface area contributed by atoms with E-state index in [4.69, 9.17) is 5.73 Å². The van der Waals surface area contributed by atoms with Crippen LogP contribution in [0.5, 0.6) is 0 Å². The summed E-state index contributed by atoms with van der Waals surface area (Å²) in [5, 5.41) is 0. The van der Waals surface area contributed by atoms with Gasteiger partial charge in [0.1, 0.15) is 17.5 Å². The first-order valence-corrected chi connectivity index (χ1v) is 5.42. The molecule has 0 saturated carbocycles. The largest absolute Gasteiger partial charge is 0.318 e. The van der Waals surface area contributed by atoms with Gasteiger partial charge >= 0.3 is 0 Å². The SMILES string of the molecule is CC(N)(c1cccc(F)c1)c1c(F)cccc1F. The third kappa shape index (κ3) is 2.11. The van der Waals surface area contributed by atoms with Gasteiger partial charge in [0.15, 0.2) is 0 Å². The molecule has 0 spiro atoms. The lowest BCUT2D eigenvalue weighted by molar-refractivity contribution is 0.480. The maximum atomic E-state index is 13.7. The van der Waals surface area contributed by atoms with Crippen molar-refractivity contribution in [3.05, 3.63) is 71.0 Å². The average Bonchev–Trinajstić information content (AvgIpc) is 2.28. The van der Waals surface area contributed by atoms with Crippen LogP contribution in [0.3, 0.4) is 0 Å². The Hall–Kier alpha value is -1.81. The van der Waals surface area contributed by atoms with Gasteiger partial charge < -0.3 is 5.73 Å². The van der Waals surface area contributed by atoms with Crippen molar-refractivity contribution in [2.75, 3.05) is 0 Å². The highest BCUT2D eigenvalue weighted by Crippen LogP contribution is 2.30. The molecule has 0 aliphatic carbocycles. The molecule has 2 aromatic carbocycles. The smallest absolute Gasteiger partial charge is 0.131 e. The Morgan fingerprint density at radius 2 is 1.50 bits per heavy atom. The standard InChI is InChI=1S/C14H12F3N/c1-14(18,9-4-2-5-10(15)8-9)13-11(16)6-3-7-12(13)17/h2-8H,18H2,1H3. The number of hydrogen-bond donors (Lipinski definition) is 1. The van der Waals surface area contributed by atoms with Crippen LogP contribution in [0, 0.1) is 17.5 Å². The summed E-state index contributed by atoms with van der Waals surface area (Å²) in [6.07, 6.45) is 0. The van der Waals surface area contributed by atoms with Crippen LogP contribution in [0.1, 0.15) is 18.1 Å². The van der Waals surface area contributed by atoms with E-state index >= 15 is 0 Å². The van der Waals surface area contributed by atoms with Gasteiger partial charge in [-0.3, -0.25) is 0 Å². The second-order valence-corrected chi connectivity index (χ2v) is 4.31. The predicted octanol–water partition coefficient (Wildman–Crippen LogP) is 3.33. The van der Waals surface area contributed by atoms with Crippen LogP contribution in [-0.2, 0) is 5.54 Å². The number of nitrogens with two attached hydrogens (primary N) is 1. The monoisotopic (exact) mass is 251 g/mol. The lowest BCUT2D eigenvalue weighted by Crippen LogP contribution is -2.36. The molecule has 0 aliphatic rings. The van der Waals surface area contributed by atoms with Crippen LogP contribution in [0.4, 0.5) is 13.2 Å². The zero-order valence-electron chi connectivity index (χ0n) is 9.75. The maximum absolute atomic E-state index is 13.7. The van der Waals surface area contributed by atoms with Gasteiger partial charge in [0.25, 0.3) is 0 Å². The van der Waals surface area contributed by atoms with Crippen molar-refractivity contribution >= 4 is 0 Å². The zero-order valence-corrected chi connectivity index (χ0v) is 9.75. The molecule has 4 heteroatoms. The topological polar surface area (TPSA) is 26.0 Å². The van der Waals surface area contributed by atoms with Crippen LogP contribution in [-0.4, -0.2) is 0 Å². The summed E-state index contributed by atoms with van der Waals surface area (Å²) in [6.45, 7) is 1.45. The van der Waals surface area contributed by atoms with Crippen LogP contribution >= 0.6 is 0 Å². The van der Waals surface area contributed by atoms with Crippen molar-refractivity contribution in [1.29, 1.82) is 0 Å². The molecular weight excluding hydrogens is 239 g/mol. The Kier molecular flexibility index (Phi) is 3.13. The minimum Gasteiger partial charge on any atom is -0.318 e. The highest BCUT2D eigenvalue weighted by atomic mass is 19.1. The van der Waals surface area contributed by atoms with Gasteiger partial charge in [-0.15, -0.1) is 0 Å². The quantitative estimate of drug-likeness (QED) is 0.870. The van der Waals surface area contributed by atoms with Gasteiger partial charge in [-0.25, -0.2) is 13.2 Å². The van der Waals surface area contributed by atoms with E-state index in [0.29, 0.717) is 5.56 Å². The van der Waals surface area contributed by atoms with Crippen molar-refractivity contribution in [3.63, 3.8) is 0 Å². The van der Waals surface area contributed by atoms with E-state index in [-0.39, 0.29) is 5.56 Å². The molecule has 0 fully saturated rings. The third-order valence-corrected chi connectivity index (χ3v) is 2.91. The van der Waals surface area contributed by atoms with E-state index in [9.17, 15) is 13.2 Å². The predicted molar refractivity (Wildman–Crippen MR) is 63.4 cm³/mol. The van der Waals surface area contributed by atoms with Crippen LogP contribution in [0.2, 0.25) is 0 Å². The van der Waals surface area contributed by atoms with Gasteiger partial charge in [-0.2, -0.15) is 0 Å². The summed E-state index contributed by atoms with van der Waals surface area (Å²) < 4.78 is 40.6. The fourth-order valence-corrected chi connectivity index (χ4v) is 1.95. The minimum absolute atomic E-state index is 0.268. The van der Waals surface area contributed by atoms with E-state index in [0.717, 1.165) is 12.1 Å². The summed E-state index contributed by atoms with van der Waals surface area (Å²) in [7, 11) is 0. The second-order valence-electron chi connectivity index (χ2n) is 4.31. The van der Waals surface area contributed by atoms with Gasteiger partial charge in [0.05, 0.1) is 5.54 Å².